The van der Waals surface area contributed by atoms with Gasteiger partial charge in [0.25, 0.3) is 0 Å². The maximum absolute atomic E-state index is 13.5. The van der Waals surface area contributed by atoms with Gasteiger partial charge >= 0.3 is 0 Å². The normalized spacial score (nSPS) is 33.5. The highest BCUT2D eigenvalue weighted by Gasteiger charge is 2.47. The summed E-state index contributed by atoms with van der Waals surface area (Å²) >= 11 is 0. The Hall–Kier alpha value is -3.51. The number of aromatic hydroxyl groups is 3. The number of hydrogen-bond donors (Lipinski definition) is 9. The molecule has 2 fully saturated rings. The predicted octanol–water partition coefficient (Wildman–Crippen LogP) is -1.39. The van der Waals surface area contributed by atoms with E-state index >= 15 is 0 Å². The molecule has 0 radical (unpaired) electrons. The summed E-state index contributed by atoms with van der Waals surface area (Å²) in [5.41, 5.74) is -0.956. The van der Waals surface area contributed by atoms with Gasteiger partial charge in [0.15, 0.2) is 12.1 Å². The van der Waals surface area contributed by atoms with Crippen LogP contribution in [0.1, 0.15) is 6.92 Å². The van der Waals surface area contributed by atoms with Gasteiger partial charge < -0.3 is 69.3 Å². The fourth-order valence-electron chi connectivity index (χ4n) is 4.79. The van der Waals surface area contributed by atoms with Gasteiger partial charge in [-0.1, -0.05) is 0 Å². The summed E-state index contributed by atoms with van der Waals surface area (Å²) in [6, 6.07) is 7.33. The van der Waals surface area contributed by atoms with Gasteiger partial charge in [-0.3, -0.25) is 4.79 Å². The molecule has 3 aromatic rings. The van der Waals surface area contributed by atoms with E-state index in [0.717, 1.165) is 12.1 Å². The molecule has 0 unspecified atom stereocenters. The topological polar surface area (TPSA) is 249 Å². The average molecular weight is 595 g/mol. The minimum atomic E-state index is -1.92. The quantitative estimate of drug-likeness (QED) is 0.159. The lowest BCUT2D eigenvalue weighted by Crippen LogP contribution is -2.61. The van der Waals surface area contributed by atoms with Gasteiger partial charge in [0.1, 0.15) is 70.9 Å². The number of ether oxygens (including phenoxy) is 4. The van der Waals surface area contributed by atoms with Crippen LogP contribution in [0.5, 0.6) is 23.0 Å². The van der Waals surface area contributed by atoms with E-state index in [4.69, 9.17) is 23.4 Å². The Kier molecular flexibility index (Phi) is 8.30. The van der Waals surface area contributed by atoms with Crippen molar-refractivity contribution >= 4 is 11.0 Å². The maximum Gasteiger partial charge on any atom is 0.239 e. The molecule has 2 aliphatic rings. The highest BCUT2D eigenvalue weighted by Crippen LogP contribution is 2.37. The van der Waals surface area contributed by atoms with Crippen LogP contribution in [0.4, 0.5) is 0 Å². The van der Waals surface area contributed by atoms with Crippen molar-refractivity contribution < 1.29 is 69.3 Å². The first-order valence-corrected chi connectivity index (χ1v) is 12.9. The molecule has 0 aliphatic carbocycles. The Bertz CT molecular complexity index is 1470. The van der Waals surface area contributed by atoms with Gasteiger partial charge in [-0.15, -0.1) is 0 Å². The zero-order valence-corrected chi connectivity index (χ0v) is 21.9. The number of aliphatic hydroxyl groups is 6. The third kappa shape index (κ3) is 5.49. The number of aliphatic hydroxyl groups excluding tert-OH is 6. The maximum atomic E-state index is 13.5. The molecule has 42 heavy (non-hydrogen) atoms. The van der Waals surface area contributed by atoms with Crippen molar-refractivity contribution in [2.24, 2.45) is 0 Å². The third-order valence-corrected chi connectivity index (χ3v) is 7.18. The van der Waals surface area contributed by atoms with Crippen LogP contribution in [0, 0.1) is 0 Å². The summed E-state index contributed by atoms with van der Waals surface area (Å²) in [6.07, 6.45) is -15.8. The van der Waals surface area contributed by atoms with Gasteiger partial charge in [0.2, 0.25) is 17.5 Å². The van der Waals surface area contributed by atoms with E-state index in [0.29, 0.717) is 0 Å². The molecule has 2 saturated heterocycles. The van der Waals surface area contributed by atoms with E-state index in [-0.39, 0.29) is 28.0 Å². The van der Waals surface area contributed by atoms with E-state index in [9.17, 15) is 50.8 Å². The van der Waals surface area contributed by atoms with E-state index < -0.39 is 90.7 Å². The highest BCUT2D eigenvalue weighted by molar-refractivity contribution is 5.88. The molecule has 0 spiro atoms. The molecule has 2 aliphatic heterocycles. The zero-order chi connectivity index (χ0) is 30.5. The smallest absolute Gasteiger partial charge is 0.239 e. The fourth-order valence-corrected chi connectivity index (χ4v) is 4.79. The summed E-state index contributed by atoms with van der Waals surface area (Å²) in [4.78, 5) is 13.5. The summed E-state index contributed by atoms with van der Waals surface area (Å²) in [7, 11) is 0. The second-order valence-corrected chi connectivity index (χ2v) is 10.1. The van der Waals surface area contributed by atoms with Crippen LogP contribution < -0.4 is 10.2 Å². The fraction of sp³-hybridized carbons (Fsp3) is 0.444. The van der Waals surface area contributed by atoms with Crippen LogP contribution in [-0.2, 0) is 14.2 Å². The summed E-state index contributed by atoms with van der Waals surface area (Å²) < 4.78 is 28.0. The number of hydrogen-bond acceptors (Lipinski definition) is 15. The van der Waals surface area contributed by atoms with Crippen molar-refractivity contribution in [2.75, 3.05) is 6.61 Å². The molecule has 10 atom stereocenters. The lowest BCUT2D eigenvalue weighted by atomic mass is 9.98. The second-order valence-electron chi connectivity index (χ2n) is 10.1. The van der Waals surface area contributed by atoms with Crippen LogP contribution in [-0.4, -0.2) is 114 Å². The minimum absolute atomic E-state index is 0.103. The number of phenols is 3. The van der Waals surface area contributed by atoms with Crippen molar-refractivity contribution in [3.8, 4) is 34.3 Å². The van der Waals surface area contributed by atoms with E-state index in [1.807, 2.05) is 0 Å². The standard InChI is InChI=1S/C27H30O15/c1-9-17(31)20(34)22(36)26(39-9)38-8-15-18(32)21(35)23(37)27(41-15)42-25-19(33)16-13(30)6-12(29)7-14(16)40-24(25)10-2-4-11(28)5-3-10/h2-7,9,15,17-18,20-23,26-32,34-37H,8H2,1H3/t9-,15-,17-,18-,20+,21+,22+,23-,26+,27-/m1/s1. The molecule has 9 N–H and O–H groups in total. The first-order valence-electron chi connectivity index (χ1n) is 12.9. The molecule has 228 valence electrons. The molecular formula is C27H30O15. The molecule has 2 aromatic carbocycles. The Balaban J connectivity index is 1.46. The number of benzene rings is 2. The van der Waals surface area contributed by atoms with Gasteiger partial charge in [-0.2, -0.15) is 0 Å². The summed E-state index contributed by atoms with van der Waals surface area (Å²) in [5, 5.41) is 91.4. The van der Waals surface area contributed by atoms with Gasteiger partial charge in [0, 0.05) is 17.7 Å². The van der Waals surface area contributed by atoms with Gasteiger partial charge in [-0.25, -0.2) is 0 Å². The van der Waals surface area contributed by atoms with Crippen LogP contribution in [0.3, 0.4) is 0 Å². The Morgan fingerprint density at radius 1 is 0.762 bits per heavy atom. The third-order valence-electron chi connectivity index (χ3n) is 7.18. The van der Waals surface area contributed by atoms with E-state index in [1.165, 1.54) is 31.2 Å². The van der Waals surface area contributed by atoms with Gasteiger partial charge in [-0.05, 0) is 31.2 Å². The predicted molar refractivity (Wildman–Crippen MR) is 139 cm³/mol. The van der Waals surface area contributed by atoms with E-state index in [1.54, 1.807) is 0 Å². The number of rotatable bonds is 6. The minimum Gasteiger partial charge on any atom is -0.508 e. The largest absolute Gasteiger partial charge is 0.508 e. The number of phenolic OH excluding ortho intramolecular Hbond substituents is 3. The molecule has 5 rings (SSSR count). The number of fused-ring (bicyclic) bond motifs is 1. The second kappa shape index (κ2) is 11.6. The summed E-state index contributed by atoms with van der Waals surface area (Å²) in [6.45, 7) is 0.866. The molecular weight excluding hydrogens is 564 g/mol. The first kappa shape index (κ1) is 30.0. The first-order chi connectivity index (χ1) is 19.9. The molecule has 15 nitrogen and oxygen atoms in total. The van der Waals surface area contributed by atoms with Crippen molar-refractivity contribution in [1.29, 1.82) is 0 Å². The SMILES string of the molecule is C[C@H]1O[C@H](OC[C@H]2O[C@H](Oc3c(-c4ccc(O)cc4)oc4cc(O)cc(O)c4c3=O)[C@H](O)[C@@H](O)[C@@H]2O)[C@@H](O)[C@@H](O)[C@@H]1O. The lowest BCUT2D eigenvalue weighted by Gasteiger charge is -2.42. The van der Waals surface area contributed by atoms with Crippen molar-refractivity contribution in [3.63, 3.8) is 0 Å². The van der Waals surface area contributed by atoms with E-state index in [2.05, 4.69) is 0 Å². The molecule has 3 heterocycles. The Morgan fingerprint density at radius 2 is 1.40 bits per heavy atom. The van der Waals surface area contributed by atoms with Crippen LogP contribution in [0.2, 0.25) is 0 Å². The van der Waals surface area contributed by atoms with Crippen molar-refractivity contribution in [1.82, 2.24) is 0 Å². The molecule has 15 heteroatoms. The Labute approximate surface area is 236 Å². The molecule has 0 amide bonds. The highest BCUT2D eigenvalue weighted by atomic mass is 16.7. The monoisotopic (exact) mass is 594 g/mol. The molecule has 0 bridgehead atoms. The average Bonchev–Trinajstić information content (AvgIpc) is 2.95. The van der Waals surface area contributed by atoms with Gasteiger partial charge in [0.05, 0.1) is 12.7 Å². The summed E-state index contributed by atoms with van der Waals surface area (Å²) in [5.74, 6) is -1.97. The van der Waals surface area contributed by atoms with Crippen LogP contribution >= 0.6 is 0 Å². The zero-order valence-electron chi connectivity index (χ0n) is 21.9. The Morgan fingerprint density at radius 3 is 2.10 bits per heavy atom. The molecule has 0 saturated carbocycles. The van der Waals surface area contributed by atoms with Crippen LogP contribution in [0.25, 0.3) is 22.3 Å². The lowest BCUT2D eigenvalue weighted by molar-refractivity contribution is -0.318. The molecule has 1 aromatic heterocycles. The van der Waals surface area contributed by atoms with Crippen molar-refractivity contribution in [3.05, 3.63) is 46.6 Å². The van der Waals surface area contributed by atoms with Crippen LogP contribution in [0.15, 0.2) is 45.6 Å². The van der Waals surface area contributed by atoms with Crippen molar-refractivity contribution in [2.45, 2.75) is 68.3 Å².